The molecule has 0 aromatic heterocycles. The Morgan fingerprint density at radius 2 is 1.88 bits per heavy atom. The zero-order chi connectivity index (χ0) is 18.6. The molecule has 1 aliphatic rings. The number of hydrogen-bond donors (Lipinski definition) is 2. The van der Waals surface area contributed by atoms with Crippen LogP contribution in [-0.2, 0) is 11.3 Å². The molecular weight excluding hydrogens is 325 g/mol. The number of amides is 1. The lowest BCUT2D eigenvalue weighted by Gasteiger charge is -2.36. The van der Waals surface area contributed by atoms with Gasteiger partial charge in [-0.05, 0) is 38.5 Å². The number of anilines is 1. The Hall–Kier alpha value is -2.51. The summed E-state index contributed by atoms with van der Waals surface area (Å²) in [7, 11) is 0. The minimum atomic E-state index is -0.522. The molecule has 25 heavy (non-hydrogen) atoms. The van der Waals surface area contributed by atoms with E-state index in [-0.39, 0.29) is 24.4 Å². The van der Waals surface area contributed by atoms with Crippen LogP contribution in [0.2, 0.25) is 0 Å². The van der Waals surface area contributed by atoms with E-state index in [0.717, 1.165) is 0 Å². The third-order valence-corrected chi connectivity index (χ3v) is 3.73. The summed E-state index contributed by atoms with van der Waals surface area (Å²) in [4.78, 5) is 19.5. The van der Waals surface area contributed by atoms with E-state index in [1.54, 1.807) is 17.0 Å². The van der Waals surface area contributed by atoms with Crippen LogP contribution >= 0.6 is 0 Å². The minimum Gasteiger partial charge on any atom is -0.444 e. The van der Waals surface area contributed by atoms with Gasteiger partial charge in [-0.3, -0.25) is 0 Å². The highest BCUT2D eigenvalue weighted by atomic mass is 19.1. The number of hydrogen-bond acceptors (Lipinski definition) is 4. The van der Waals surface area contributed by atoms with Gasteiger partial charge in [0.1, 0.15) is 11.4 Å². The predicted octanol–water partition coefficient (Wildman–Crippen LogP) is 1.66. The molecule has 0 spiro atoms. The monoisotopic (exact) mass is 351 g/mol. The molecule has 0 unspecified atom stereocenters. The molecule has 1 aliphatic heterocycles. The third kappa shape index (κ3) is 5.51. The number of guanidine groups is 1. The Morgan fingerprint density at radius 3 is 2.40 bits per heavy atom. The van der Waals surface area contributed by atoms with E-state index in [0.29, 0.717) is 37.4 Å². The Labute approximate surface area is 147 Å². The van der Waals surface area contributed by atoms with Gasteiger partial charge in [0.05, 0.1) is 12.2 Å². The molecule has 0 radical (unpaired) electrons. The van der Waals surface area contributed by atoms with Crippen LogP contribution in [0.5, 0.6) is 0 Å². The first kappa shape index (κ1) is 18.8. The number of nitrogens with zero attached hydrogens (tertiary/aromatic N) is 3. The van der Waals surface area contributed by atoms with Crippen LogP contribution in [-0.4, -0.2) is 48.7 Å². The fraction of sp³-hybridized carbons (Fsp3) is 0.529. The van der Waals surface area contributed by atoms with Gasteiger partial charge in [0.25, 0.3) is 0 Å². The standard InChI is InChI=1S/C17H26FN5O2/c1-17(2,3)25-16(24)23-8-6-22(7-9-23)14-5-4-12(10-13(14)18)11-21-15(19)20/h4-5,10H,6-9,11H2,1-3H3,(H4,19,20,21). The number of ether oxygens (including phenoxy) is 1. The molecule has 0 bridgehead atoms. The Morgan fingerprint density at radius 1 is 1.24 bits per heavy atom. The molecule has 1 fully saturated rings. The number of halogens is 1. The number of carbonyl (C=O) groups excluding carboxylic acids is 1. The summed E-state index contributed by atoms with van der Waals surface area (Å²) in [6.45, 7) is 7.81. The smallest absolute Gasteiger partial charge is 0.410 e. The Bertz CT molecular complexity index is 645. The van der Waals surface area contributed by atoms with Crippen molar-refractivity contribution in [3.8, 4) is 0 Å². The molecule has 2 rings (SSSR count). The van der Waals surface area contributed by atoms with Gasteiger partial charge in [0, 0.05) is 26.2 Å². The van der Waals surface area contributed by atoms with E-state index in [2.05, 4.69) is 4.99 Å². The fourth-order valence-corrected chi connectivity index (χ4v) is 2.54. The highest BCUT2D eigenvalue weighted by molar-refractivity contribution is 5.75. The van der Waals surface area contributed by atoms with E-state index in [1.165, 1.54) is 6.07 Å². The number of carbonyl (C=O) groups is 1. The van der Waals surface area contributed by atoms with Gasteiger partial charge in [-0.25, -0.2) is 14.2 Å². The molecule has 4 N–H and O–H groups in total. The van der Waals surface area contributed by atoms with Crippen molar-refractivity contribution in [3.63, 3.8) is 0 Å². The summed E-state index contributed by atoms with van der Waals surface area (Å²) in [6, 6.07) is 4.95. The summed E-state index contributed by atoms with van der Waals surface area (Å²) in [5, 5.41) is 0. The summed E-state index contributed by atoms with van der Waals surface area (Å²) >= 11 is 0. The first-order valence-corrected chi connectivity index (χ1v) is 8.22. The Kier molecular flexibility index (Phi) is 5.71. The van der Waals surface area contributed by atoms with Crippen molar-refractivity contribution >= 4 is 17.7 Å². The first-order chi connectivity index (χ1) is 11.7. The summed E-state index contributed by atoms with van der Waals surface area (Å²) < 4.78 is 19.7. The average Bonchev–Trinajstić information content (AvgIpc) is 2.51. The van der Waals surface area contributed by atoms with Gasteiger partial charge >= 0.3 is 6.09 Å². The molecule has 0 saturated carbocycles. The summed E-state index contributed by atoms with van der Waals surface area (Å²) in [6.07, 6.45) is -0.333. The van der Waals surface area contributed by atoms with Crippen LogP contribution in [0.25, 0.3) is 0 Å². The van der Waals surface area contributed by atoms with Gasteiger partial charge in [0.15, 0.2) is 5.96 Å². The van der Waals surface area contributed by atoms with E-state index in [9.17, 15) is 9.18 Å². The van der Waals surface area contributed by atoms with Crippen molar-refractivity contribution in [2.24, 2.45) is 16.5 Å². The number of piperazine rings is 1. The zero-order valence-corrected chi connectivity index (χ0v) is 15.0. The van der Waals surface area contributed by atoms with Crippen LogP contribution in [0.15, 0.2) is 23.2 Å². The molecular formula is C17H26FN5O2. The molecule has 7 nitrogen and oxygen atoms in total. The SMILES string of the molecule is CC(C)(C)OC(=O)N1CCN(c2ccc(CN=C(N)N)cc2F)CC1. The molecule has 0 atom stereocenters. The number of rotatable bonds is 3. The normalized spacial score (nSPS) is 15.0. The molecule has 1 aromatic carbocycles. The van der Waals surface area contributed by atoms with E-state index < -0.39 is 5.60 Å². The first-order valence-electron chi connectivity index (χ1n) is 8.22. The van der Waals surface area contributed by atoms with Crippen LogP contribution in [0, 0.1) is 5.82 Å². The molecule has 1 amide bonds. The van der Waals surface area contributed by atoms with Crippen LogP contribution in [0.3, 0.4) is 0 Å². The van der Waals surface area contributed by atoms with Crippen molar-refractivity contribution in [2.45, 2.75) is 32.9 Å². The van der Waals surface area contributed by atoms with Crippen molar-refractivity contribution in [1.29, 1.82) is 0 Å². The maximum absolute atomic E-state index is 14.4. The number of aliphatic imine (C=N–C) groups is 1. The van der Waals surface area contributed by atoms with E-state index >= 15 is 0 Å². The molecule has 0 aliphatic carbocycles. The third-order valence-electron chi connectivity index (χ3n) is 3.73. The lowest BCUT2D eigenvalue weighted by atomic mass is 10.1. The summed E-state index contributed by atoms with van der Waals surface area (Å²) in [5.41, 5.74) is 11.3. The predicted molar refractivity (Wildman–Crippen MR) is 95.9 cm³/mol. The van der Waals surface area contributed by atoms with Crippen molar-refractivity contribution in [3.05, 3.63) is 29.6 Å². The van der Waals surface area contributed by atoms with Crippen LogP contribution in [0.1, 0.15) is 26.3 Å². The second-order valence-electron chi connectivity index (χ2n) is 6.98. The molecule has 8 heteroatoms. The molecule has 138 valence electrons. The maximum atomic E-state index is 14.4. The van der Waals surface area contributed by atoms with Crippen LogP contribution in [0.4, 0.5) is 14.9 Å². The molecule has 1 heterocycles. The second kappa shape index (κ2) is 7.58. The zero-order valence-electron chi connectivity index (χ0n) is 15.0. The van der Waals surface area contributed by atoms with E-state index in [1.807, 2.05) is 25.7 Å². The molecule has 1 aromatic rings. The van der Waals surface area contributed by atoms with Crippen molar-refractivity contribution in [1.82, 2.24) is 4.90 Å². The highest BCUT2D eigenvalue weighted by Gasteiger charge is 2.26. The maximum Gasteiger partial charge on any atom is 0.410 e. The summed E-state index contributed by atoms with van der Waals surface area (Å²) in [5.74, 6) is -0.350. The quantitative estimate of drug-likeness (QED) is 0.637. The van der Waals surface area contributed by atoms with Gasteiger partial charge in [-0.1, -0.05) is 6.07 Å². The van der Waals surface area contributed by atoms with E-state index in [4.69, 9.17) is 16.2 Å². The number of benzene rings is 1. The van der Waals surface area contributed by atoms with Crippen LogP contribution < -0.4 is 16.4 Å². The highest BCUT2D eigenvalue weighted by Crippen LogP contribution is 2.23. The average molecular weight is 351 g/mol. The lowest BCUT2D eigenvalue weighted by molar-refractivity contribution is 0.0240. The molecule has 1 saturated heterocycles. The Balaban J connectivity index is 1.96. The van der Waals surface area contributed by atoms with Crippen molar-refractivity contribution < 1.29 is 13.9 Å². The van der Waals surface area contributed by atoms with Crippen molar-refractivity contribution in [2.75, 3.05) is 31.1 Å². The largest absolute Gasteiger partial charge is 0.444 e. The van der Waals surface area contributed by atoms with Gasteiger partial charge < -0.3 is 26.0 Å². The number of nitrogens with two attached hydrogens (primary N) is 2. The minimum absolute atomic E-state index is 0.0252. The fourth-order valence-electron chi connectivity index (χ4n) is 2.54. The second-order valence-corrected chi connectivity index (χ2v) is 6.98. The topological polar surface area (TPSA) is 97.2 Å². The van der Waals surface area contributed by atoms with Gasteiger partial charge in [0.2, 0.25) is 0 Å². The lowest BCUT2D eigenvalue weighted by Crippen LogP contribution is -2.50. The van der Waals surface area contributed by atoms with Gasteiger partial charge in [-0.2, -0.15) is 0 Å². The van der Waals surface area contributed by atoms with Gasteiger partial charge in [-0.15, -0.1) is 0 Å².